The minimum Gasteiger partial charge on any atom is -0.379 e. The van der Waals surface area contributed by atoms with Crippen LogP contribution in [0.25, 0.3) is 10.2 Å². The summed E-state index contributed by atoms with van der Waals surface area (Å²) in [6.45, 7) is 3.95. The molecule has 1 aromatic heterocycles. The van der Waals surface area contributed by atoms with Gasteiger partial charge in [0.25, 0.3) is 5.91 Å². The number of halogens is 1. The standard InChI is InChI=1S/C24H23FN4O4S/c25-17-3-6-19-20(15-17)34-24(26-19)28(10-9-27-11-13-33-14-12-27)23(32)16-1-4-18(5-2-16)29-21(30)7-8-22(29)31/h1-6,15H,7-14H2. The van der Waals surface area contributed by atoms with Crippen LogP contribution in [0.3, 0.4) is 0 Å². The van der Waals surface area contributed by atoms with Gasteiger partial charge < -0.3 is 4.74 Å². The fourth-order valence-electron chi connectivity index (χ4n) is 4.13. The van der Waals surface area contributed by atoms with Crippen LogP contribution in [0.15, 0.2) is 42.5 Å². The number of morpholine rings is 1. The van der Waals surface area contributed by atoms with Crippen LogP contribution in [0.2, 0.25) is 0 Å². The Balaban J connectivity index is 1.41. The van der Waals surface area contributed by atoms with E-state index in [1.807, 2.05) is 0 Å². The number of fused-ring (bicyclic) bond motifs is 1. The summed E-state index contributed by atoms with van der Waals surface area (Å²) in [5, 5.41) is 0.493. The van der Waals surface area contributed by atoms with Gasteiger partial charge in [-0.2, -0.15) is 0 Å². The second-order valence-electron chi connectivity index (χ2n) is 8.19. The molecule has 0 radical (unpaired) electrons. The first-order valence-electron chi connectivity index (χ1n) is 11.1. The topological polar surface area (TPSA) is 83.1 Å². The highest BCUT2D eigenvalue weighted by Gasteiger charge is 2.30. The third-order valence-corrected chi connectivity index (χ3v) is 7.02. The molecule has 2 fully saturated rings. The fraction of sp³-hybridized carbons (Fsp3) is 0.333. The molecule has 176 valence electrons. The van der Waals surface area contributed by atoms with Crippen LogP contribution >= 0.6 is 11.3 Å². The molecule has 0 unspecified atom stereocenters. The molecule has 0 spiro atoms. The average molecular weight is 483 g/mol. The molecule has 0 bridgehead atoms. The predicted octanol–water partition coefficient (Wildman–Crippen LogP) is 3.07. The van der Waals surface area contributed by atoms with Crippen LogP contribution in [-0.4, -0.2) is 67.0 Å². The zero-order chi connectivity index (χ0) is 23.7. The fourth-order valence-corrected chi connectivity index (χ4v) is 5.14. The molecule has 2 aliphatic heterocycles. The summed E-state index contributed by atoms with van der Waals surface area (Å²) < 4.78 is 19.8. The SMILES string of the molecule is O=C(c1ccc(N2C(=O)CCC2=O)cc1)N(CCN1CCOCC1)c1nc2ccc(F)cc2s1. The first kappa shape index (κ1) is 22.6. The lowest BCUT2D eigenvalue weighted by atomic mass is 10.1. The van der Waals surface area contributed by atoms with Crippen molar-refractivity contribution >= 4 is 50.1 Å². The van der Waals surface area contributed by atoms with E-state index in [9.17, 15) is 18.8 Å². The van der Waals surface area contributed by atoms with Gasteiger partial charge in [0.1, 0.15) is 5.82 Å². The maximum absolute atomic E-state index is 13.7. The van der Waals surface area contributed by atoms with E-state index < -0.39 is 0 Å². The first-order chi connectivity index (χ1) is 16.5. The number of aromatic nitrogens is 1. The number of nitrogens with zero attached hydrogens (tertiary/aromatic N) is 4. The van der Waals surface area contributed by atoms with Crippen LogP contribution in [-0.2, 0) is 14.3 Å². The molecule has 3 heterocycles. The summed E-state index contributed by atoms with van der Waals surface area (Å²) in [6.07, 6.45) is 0.403. The Kier molecular flexibility index (Phi) is 6.36. The zero-order valence-electron chi connectivity index (χ0n) is 18.4. The molecule has 0 aliphatic carbocycles. The second kappa shape index (κ2) is 9.57. The minimum atomic E-state index is -0.351. The lowest BCUT2D eigenvalue weighted by Crippen LogP contribution is -2.43. The van der Waals surface area contributed by atoms with Crippen LogP contribution in [0.1, 0.15) is 23.2 Å². The highest BCUT2D eigenvalue weighted by atomic mass is 32.1. The van der Waals surface area contributed by atoms with Gasteiger partial charge in [-0.3, -0.25) is 29.1 Å². The lowest BCUT2D eigenvalue weighted by Gasteiger charge is -2.29. The van der Waals surface area contributed by atoms with Crippen molar-refractivity contribution in [3.63, 3.8) is 0 Å². The number of benzene rings is 2. The largest absolute Gasteiger partial charge is 0.379 e. The van der Waals surface area contributed by atoms with E-state index >= 15 is 0 Å². The van der Waals surface area contributed by atoms with E-state index in [-0.39, 0.29) is 36.4 Å². The molecule has 2 aromatic carbocycles. The Morgan fingerprint density at radius 3 is 2.47 bits per heavy atom. The molecule has 0 N–H and O–H groups in total. The Labute approximate surface area is 199 Å². The van der Waals surface area contributed by atoms with Crippen LogP contribution in [0.5, 0.6) is 0 Å². The molecular formula is C24H23FN4O4S. The van der Waals surface area contributed by atoms with E-state index in [0.717, 1.165) is 18.0 Å². The summed E-state index contributed by atoms with van der Waals surface area (Å²) in [5.74, 6) is -1.08. The van der Waals surface area contributed by atoms with Gasteiger partial charge in [-0.1, -0.05) is 11.3 Å². The second-order valence-corrected chi connectivity index (χ2v) is 9.20. The van der Waals surface area contributed by atoms with Gasteiger partial charge in [-0.05, 0) is 42.5 Å². The number of imide groups is 1. The van der Waals surface area contributed by atoms with Crippen molar-refractivity contribution < 1.29 is 23.5 Å². The van der Waals surface area contributed by atoms with Crippen LogP contribution < -0.4 is 9.80 Å². The van der Waals surface area contributed by atoms with Gasteiger partial charge in [-0.25, -0.2) is 9.37 Å². The van der Waals surface area contributed by atoms with Crippen molar-refractivity contribution in [2.45, 2.75) is 12.8 Å². The van der Waals surface area contributed by atoms with Crippen LogP contribution in [0, 0.1) is 5.82 Å². The maximum atomic E-state index is 13.7. The number of amides is 3. The number of rotatable bonds is 6. The molecule has 34 heavy (non-hydrogen) atoms. The number of hydrogen-bond acceptors (Lipinski definition) is 7. The van der Waals surface area contributed by atoms with E-state index in [1.165, 1.54) is 23.5 Å². The summed E-state index contributed by atoms with van der Waals surface area (Å²) in [4.78, 5) is 47.2. The molecule has 2 aliphatic rings. The number of carbonyl (C=O) groups is 3. The van der Waals surface area contributed by atoms with E-state index in [4.69, 9.17) is 4.74 Å². The normalized spacial score (nSPS) is 17.0. The summed E-state index contributed by atoms with van der Waals surface area (Å²) in [6, 6.07) is 10.8. The monoisotopic (exact) mass is 482 g/mol. The van der Waals surface area contributed by atoms with Crippen molar-refractivity contribution in [3.05, 3.63) is 53.8 Å². The average Bonchev–Trinajstić information content (AvgIpc) is 3.41. The molecule has 2 saturated heterocycles. The van der Waals surface area contributed by atoms with Gasteiger partial charge in [-0.15, -0.1) is 0 Å². The molecule has 0 saturated carbocycles. The summed E-state index contributed by atoms with van der Waals surface area (Å²) in [7, 11) is 0. The molecule has 5 rings (SSSR count). The van der Waals surface area contributed by atoms with Gasteiger partial charge in [0.15, 0.2) is 5.13 Å². The van der Waals surface area contributed by atoms with Crippen molar-refractivity contribution in [2.75, 3.05) is 49.2 Å². The smallest absolute Gasteiger partial charge is 0.260 e. The molecule has 3 amide bonds. The van der Waals surface area contributed by atoms with E-state index in [1.54, 1.807) is 35.2 Å². The highest BCUT2D eigenvalue weighted by Crippen LogP contribution is 2.31. The summed E-state index contributed by atoms with van der Waals surface area (Å²) in [5.41, 5.74) is 1.50. The van der Waals surface area contributed by atoms with E-state index in [0.29, 0.717) is 52.9 Å². The molecule has 3 aromatic rings. The Bertz CT molecular complexity index is 1220. The molecule has 0 atom stereocenters. The quantitative estimate of drug-likeness (QED) is 0.503. The summed E-state index contributed by atoms with van der Waals surface area (Å²) >= 11 is 1.27. The zero-order valence-corrected chi connectivity index (χ0v) is 19.2. The number of thiazole rings is 1. The van der Waals surface area contributed by atoms with Gasteiger partial charge in [0, 0.05) is 44.6 Å². The predicted molar refractivity (Wildman–Crippen MR) is 127 cm³/mol. The number of carbonyl (C=O) groups excluding carboxylic acids is 3. The highest BCUT2D eigenvalue weighted by molar-refractivity contribution is 7.22. The number of hydrogen-bond donors (Lipinski definition) is 0. The Hall–Kier alpha value is -3.21. The maximum Gasteiger partial charge on any atom is 0.260 e. The lowest BCUT2D eigenvalue weighted by molar-refractivity contribution is -0.121. The van der Waals surface area contributed by atoms with E-state index in [2.05, 4.69) is 9.88 Å². The molecule has 10 heteroatoms. The minimum absolute atomic E-state index is 0.201. The van der Waals surface area contributed by atoms with Crippen molar-refractivity contribution in [1.29, 1.82) is 0 Å². The number of anilines is 2. The van der Waals surface area contributed by atoms with Crippen molar-refractivity contribution in [3.8, 4) is 0 Å². The molecular weight excluding hydrogens is 459 g/mol. The van der Waals surface area contributed by atoms with Crippen molar-refractivity contribution in [1.82, 2.24) is 9.88 Å². The third-order valence-electron chi connectivity index (χ3n) is 5.98. The van der Waals surface area contributed by atoms with Gasteiger partial charge >= 0.3 is 0 Å². The molecule has 8 nitrogen and oxygen atoms in total. The van der Waals surface area contributed by atoms with Crippen molar-refractivity contribution in [2.24, 2.45) is 0 Å². The Morgan fingerprint density at radius 1 is 1.06 bits per heavy atom. The van der Waals surface area contributed by atoms with Gasteiger partial charge in [0.05, 0.1) is 29.1 Å². The Morgan fingerprint density at radius 2 is 1.76 bits per heavy atom. The van der Waals surface area contributed by atoms with Gasteiger partial charge in [0.2, 0.25) is 11.8 Å². The third kappa shape index (κ3) is 4.56. The first-order valence-corrected chi connectivity index (χ1v) is 12.0. The van der Waals surface area contributed by atoms with Crippen LogP contribution in [0.4, 0.5) is 15.2 Å². The number of ether oxygens (including phenoxy) is 1.